The maximum atomic E-state index is 14.5. The highest BCUT2D eigenvalue weighted by Gasteiger charge is 2.50. The van der Waals surface area contributed by atoms with E-state index in [1.165, 1.54) is 18.1 Å². The number of hydrogen-bond donors (Lipinski definition) is 3. The van der Waals surface area contributed by atoms with Gasteiger partial charge in [-0.3, -0.25) is 19.2 Å². The van der Waals surface area contributed by atoms with Crippen LogP contribution >= 0.6 is 0 Å². The monoisotopic (exact) mass is 531 g/mol. The number of carbonyl (C=O) groups is 4. The van der Waals surface area contributed by atoms with Crippen molar-refractivity contribution in [3.63, 3.8) is 0 Å². The summed E-state index contributed by atoms with van der Waals surface area (Å²) in [6.45, 7) is -0.463. The molecule has 1 aromatic carbocycles. The number of carbonyl (C=O) groups excluding carboxylic acids is 4. The Kier molecular flexibility index (Phi) is 7.21. The molecule has 3 aliphatic rings. The minimum absolute atomic E-state index is 0.0138. The number of nitrogens with zero attached hydrogens (tertiary/aromatic N) is 1. The van der Waals surface area contributed by atoms with Crippen LogP contribution in [0, 0.1) is 29.4 Å². The fourth-order valence-electron chi connectivity index (χ4n) is 6.55. The number of aliphatic hydroxyl groups is 1. The first-order chi connectivity index (χ1) is 18.2. The average molecular weight is 532 g/mol. The van der Waals surface area contributed by atoms with Crippen LogP contribution < -0.4 is 10.1 Å². The van der Waals surface area contributed by atoms with Gasteiger partial charge in [-0.15, -0.1) is 0 Å². The average Bonchev–Trinajstić information content (AvgIpc) is 3.69. The van der Waals surface area contributed by atoms with E-state index in [0.717, 1.165) is 31.7 Å². The first-order valence-electron chi connectivity index (χ1n) is 13.1. The predicted molar refractivity (Wildman–Crippen MR) is 131 cm³/mol. The quantitative estimate of drug-likeness (QED) is 0.480. The molecule has 0 radical (unpaired) electrons. The summed E-state index contributed by atoms with van der Waals surface area (Å²) in [5.41, 5.74) is -0.222. The van der Waals surface area contributed by atoms with Gasteiger partial charge in [0.2, 0.25) is 5.91 Å². The van der Waals surface area contributed by atoms with Crippen molar-refractivity contribution in [1.82, 2.24) is 15.2 Å². The third-order valence-electron chi connectivity index (χ3n) is 8.45. The second-order valence-electron chi connectivity index (χ2n) is 10.6. The predicted octanol–water partition coefficient (Wildman–Crippen LogP) is 2.50. The largest absolute Gasteiger partial charge is 0.496 e. The van der Waals surface area contributed by atoms with Crippen LogP contribution in [-0.2, 0) is 14.4 Å². The molecule has 5 rings (SSSR count). The lowest BCUT2D eigenvalue weighted by atomic mass is 9.91. The molecule has 2 aliphatic carbocycles. The summed E-state index contributed by atoms with van der Waals surface area (Å²) in [6.07, 6.45) is 4.39. The lowest BCUT2D eigenvalue weighted by molar-refractivity contribution is -0.133. The topological polar surface area (TPSA) is 129 Å². The maximum absolute atomic E-state index is 14.5. The van der Waals surface area contributed by atoms with Crippen molar-refractivity contribution in [2.45, 2.75) is 57.0 Å². The van der Waals surface area contributed by atoms with Gasteiger partial charge in [-0.05, 0) is 50.0 Å². The van der Waals surface area contributed by atoms with Gasteiger partial charge in [0, 0.05) is 30.3 Å². The molecule has 3 fully saturated rings. The van der Waals surface area contributed by atoms with Crippen molar-refractivity contribution in [2.24, 2.45) is 17.8 Å². The smallest absolute Gasteiger partial charge is 0.271 e. The van der Waals surface area contributed by atoms with Crippen LogP contribution in [0.4, 0.5) is 8.78 Å². The van der Waals surface area contributed by atoms with Gasteiger partial charge >= 0.3 is 0 Å². The van der Waals surface area contributed by atoms with E-state index >= 15 is 0 Å². The molecule has 38 heavy (non-hydrogen) atoms. The molecule has 0 unspecified atom stereocenters. The number of likely N-dealkylation sites (tertiary alicyclic amines) is 1. The first kappa shape index (κ1) is 26.3. The zero-order chi connectivity index (χ0) is 27.1. The number of amides is 2. The second kappa shape index (κ2) is 10.4. The number of ether oxygens (including phenoxy) is 1. The van der Waals surface area contributed by atoms with Crippen LogP contribution in [0.5, 0.6) is 5.75 Å². The molecule has 2 saturated carbocycles. The van der Waals surface area contributed by atoms with Crippen molar-refractivity contribution in [2.75, 3.05) is 20.3 Å². The van der Waals surface area contributed by atoms with E-state index in [-0.39, 0.29) is 52.3 Å². The molecule has 0 spiro atoms. The Balaban J connectivity index is 1.42. The zero-order valence-corrected chi connectivity index (χ0v) is 21.1. The third kappa shape index (κ3) is 4.57. The number of ketones is 2. The zero-order valence-electron chi connectivity index (χ0n) is 21.1. The number of halogens is 2. The number of Topliss-reactive ketones (excluding diaryl/α,β-unsaturated/α-hetero) is 2. The van der Waals surface area contributed by atoms with Gasteiger partial charge in [-0.2, -0.15) is 0 Å². The van der Waals surface area contributed by atoms with Gasteiger partial charge in [0.15, 0.2) is 17.4 Å². The van der Waals surface area contributed by atoms with Crippen LogP contribution in [0.1, 0.15) is 55.4 Å². The van der Waals surface area contributed by atoms with Gasteiger partial charge in [0.05, 0.1) is 18.7 Å². The SMILES string of the molecule is COc1cc(F)c(F)c2[nH]c(C(=O)N3C[C@@H]4CCC[C@@H]4[C@H]3C(=O)N[C@@H](C[C@@H]3CCCC3=O)C(=O)CO)cc12. The molecular formula is C27H31F2N3O6. The van der Waals surface area contributed by atoms with E-state index in [1.807, 2.05) is 0 Å². The molecule has 2 amide bonds. The van der Waals surface area contributed by atoms with Crippen LogP contribution in [0.15, 0.2) is 12.1 Å². The summed E-state index contributed by atoms with van der Waals surface area (Å²) in [4.78, 5) is 56.1. The van der Waals surface area contributed by atoms with E-state index in [0.29, 0.717) is 19.4 Å². The molecule has 1 aliphatic heterocycles. The number of benzene rings is 1. The lowest BCUT2D eigenvalue weighted by Gasteiger charge is -2.29. The number of aromatic nitrogens is 1. The molecule has 11 heteroatoms. The Bertz CT molecular complexity index is 1290. The van der Waals surface area contributed by atoms with Crippen molar-refractivity contribution in [3.8, 4) is 5.75 Å². The minimum atomic E-state index is -1.14. The summed E-state index contributed by atoms with van der Waals surface area (Å²) in [7, 11) is 1.31. The number of methoxy groups -OCH3 is 1. The summed E-state index contributed by atoms with van der Waals surface area (Å²) < 4.78 is 33.7. The number of H-pyrrole nitrogens is 1. The summed E-state index contributed by atoms with van der Waals surface area (Å²) in [5.74, 6) is -4.19. The van der Waals surface area contributed by atoms with Crippen LogP contribution in [-0.4, -0.2) is 70.7 Å². The molecule has 1 aromatic heterocycles. The molecule has 1 saturated heterocycles. The van der Waals surface area contributed by atoms with E-state index in [4.69, 9.17) is 4.74 Å². The number of aromatic amines is 1. The standard InChI is InChI=1S/C27H31F2N3O6/c1-38-22-10-17(28)23(29)24-16(22)9-19(30-24)27(37)32-11-14-5-2-6-15(14)25(32)26(36)31-18(21(35)12-33)8-13-4-3-7-20(13)34/h9-10,13-15,18,25,30,33H,2-8,11-12H2,1H3,(H,31,36)/t13-,14-,15-,18-,25-/m0/s1. The fourth-order valence-corrected chi connectivity index (χ4v) is 6.55. The Morgan fingerprint density at radius 1 is 1.21 bits per heavy atom. The van der Waals surface area contributed by atoms with Crippen molar-refractivity contribution >= 4 is 34.3 Å². The molecule has 0 bridgehead atoms. The first-order valence-corrected chi connectivity index (χ1v) is 13.1. The highest BCUT2D eigenvalue weighted by molar-refractivity contribution is 6.02. The number of hydrogen-bond acceptors (Lipinski definition) is 6. The van der Waals surface area contributed by atoms with E-state index in [1.54, 1.807) is 0 Å². The van der Waals surface area contributed by atoms with Crippen molar-refractivity contribution in [3.05, 3.63) is 29.5 Å². The normalized spacial score (nSPS) is 25.6. The third-order valence-corrected chi connectivity index (χ3v) is 8.45. The molecule has 9 nitrogen and oxygen atoms in total. The highest BCUT2D eigenvalue weighted by atomic mass is 19.2. The summed E-state index contributed by atoms with van der Waals surface area (Å²) in [5, 5.41) is 12.4. The maximum Gasteiger partial charge on any atom is 0.271 e. The van der Waals surface area contributed by atoms with Crippen molar-refractivity contribution < 1.29 is 37.8 Å². The lowest BCUT2D eigenvalue weighted by Crippen LogP contribution is -2.53. The van der Waals surface area contributed by atoms with Crippen LogP contribution in [0.25, 0.3) is 10.9 Å². The van der Waals surface area contributed by atoms with Gasteiger partial charge in [0.1, 0.15) is 29.9 Å². The molecule has 204 valence electrons. The van der Waals surface area contributed by atoms with Gasteiger partial charge < -0.3 is 25.0 Å². The Hall–Kier alpha value is -3.34. The van der Waals surface area contributed by atoms with Gasteiger partial charge in [0.25, 0.3) is 5.91 Å². The number of nitrogens with one attached hydrogen (secondary N) is 2. The molecule has 2 heterocycles. The number of fused-ring (bicyclic) bond motifs is 2. The molecular weight excluding hydrogens is 500 g/mol. The molecule has 5 atom stereocenters. The Labute approximate surface area is 217 Å². The fraction of sp³-hybridized carbons (Fsp3) is 0.556. The second-order valence-corrected chi connectivity index (χ2v) is 10.6. The van der Waals surface area contributed by atoms with Gasteiger partial charge in [-0.1, -0.05) is 6.42 Å². The summed E-state index contributed by atoms with van der Waals surface area (Å²) >= 11 is 0. The number of aliphatic hydroxyl groups excluding tert-OH is 1. The number of rotatable bonds is 8. The van der Waals surface area contributed by atoms with Crippen LogP contribution in [0.3, 0.4) is 0 Å². The molecule has 3 N–H and O–H groups in total. The Morgan fingerprint density at radius 3 is 2.68 bits per heavy atom. The van der Waals surface area contributed by atoms with E-state index in [9.17, 15) is 33.1 Å². The van der Waals surface area contributed by atoms with Crippen LogP contribution in [0.2, 0.25) is 0 Å². The van der Waals surface area contributed by atoms with E-state index in [2.05, 4.69) is 10.3 Å². The van der Waals surface area contributed by atoms with E-state index < -0.39 is 47.9 Å². The minimum Gasteiger partial charge on any atom is -0.496 e. The molecule has 2 aromatic rings. The highest BCUT2D eigenvalue weighted by Crippen LogP contribution is 2.43. The Morgan fingerprint density at radius 2 is 2.00 bits per heavy atom. The van der Waals surface area contributed by atoms with Gasteiger partial charge in [-0.25, -0.2) is 8.78 Å². The summed E-state index contributed by atoms with van der Waals surface area (Å²) in [6, 6.07) is 0.375. The van der Waals surface area contributed by atoms with Crippen molar-refractivity contribution in [1.29, 1.82) is 0 Å².